The van der Waals surface area contributed by atoms with Crippen LogP contribution in [0.1, 0.15) is 66.1 Å². The van der Waals surface area contributed by atoms with E-state index in [1.807, 2.05) is 59.5 Å². The van der Waals surface area contributed by atoms with Gasteiger partial charge in [-0.1, -0.05) is 80.3 Å². The molecule has 7 nitrogen and oxygen atoms in total. The van der Waals surface area contributed by atoms with E-state index in [1.54, 1.807) is 0 Å². The van der Waals surface area contributed by atoms with Crippen LogP contribution in [0.3, 0.4) is 0 Å². The van der Waals surface area contributed by atoms with Crippen molar-refractivity contribution in [2.45, 2.75) is 57.4 Å². The minimum Gasteiger partial charge on any atom is -0.453 e. The second-order valence-electron chi connectivity index (χ2n) is 11.4. The molecule has 1 saturated heterocycles. The van der Waals surface area contributed by atoms with Crippen molar-refractivity contribution in [2.75, 3.05) is 26.6 Å². The van der Waals surface area contributed by atoms with Crippen LogP contribution < -0.4 is 11.1 Å². The molecule has 0 bridgehead atoms. The van der Waals surface area contributed by atoms with E-state index in [1.165, 1.54) is 12.7 Å². The summed E-state index contributed by atoms with van der Waals surface area (Å²) >= 11 is 6.89. The van der Waals surface area contributed by atoms with Gasteiger partial charge in [0.05, 0.1) is 12.6 Å². The summed E-state index contributed by atoms with van der Waals surface area (Å²) < 4.78 is 4.72. The lowest BCUT2D eigenvalue weighted by Gasteiger charge is -2.42. The molecular formula is C33H41BClN3O4. The molecule has 9 heteroatoms. The molecule has 0 aromatic heterocycles. The van der Waals surface area contributed by atoms with Gasteiger partial charge in [0.1, 0.15) is 0 Å². The highest BCUT2D eigenvalue weighted by Gasteiger charge is 2.45. The molecule has 0 saturated carbocycles. The Morgan fingerprint density at radius 3 is 2.57 bits per heavy atom. The van der Waals surface area contributed by atoms with Gasteiger partial charge >= 0.3 is 6.09 Å². The van der Waals surface area contributed by atoms with Crippen LogP contribution >= 0.6 is 11.6 Å². The summed E-state index contributed by atoms with van der Waals surface area (Å²) in [6.07, 6.45) is 2.27. The molecule has 0 radical (unpaired) electrons. The number of nitrogens with one attached hydrogen (secondary N) is 1. The van der Waals surface area contributed by atoms with Gasteiger partial charge in [-0.15, -0.1) is 0 Å². The zero-order valence-electron chi connectivity index (χ0n) is 24.7. The van der Waals surface area contributed by atoms with Crippen molar-refractivity contribution in [3.05, 3.63) is 94.0 Å². The number of carbonyl (C=O) groups excluding carboxylic acids is 2. The van der Waals surface area contributed by atoms with E-state index in [2.05, 4.69) is 31.3 Å². The summed E-state index contributed by atoms with van der Waals surface area (Å²) in [5, 5.41) is 16.0. The van der Waals surface area contributed by atoms with Crippen LogP contribution in [0.4, 0.5) is 4.79 Å². The van der Waals surface area contributed by atoms with Gasteiger partial charge < -0.3 is 25.8 Å². The van der Waals surface area contributed by atoms with Crippen LogP contribution in [0.2, 0.25) is 11.3 Å². The summed E-state index contributed by atoms with van der Waals surface area (Å²) in [6, 6.07) is 21.3. The van der Waals surface area contributed by atoms with Gasteiger partial charge in [-0.2, -0.15) is 0 Å². The van der Waals surface area contributed by atoms with Crippen molar-refractivity contribution in [1.82, 2.24) is 10.2 Å². The Balaban J connectivity index is 1.72. The third kappa shape index (κ3) is 7.17. The summed E-state index contributed by atoms with van der Waals surface area (Å²) in [5.74, 6) is 0.268. The van der Waals surface area contributed by atoms with Gasteiger partial charge in [-0.3, -0.25) is 4.79 Å². The smallest absolute Gasteiger partial charge is 0.406 e. The van der Waals surface area contributed by atoms with Gasteiger partial charge in [0.25, 0.3) is 5.91 Å². The fourth-order valence-electron chi connectivity index (χ4n) is 5.93. The number of rotatable bonds is 10. The molecule has 4 rings (SSSR count). The number of benzene rings is 3. The monoisotopic (exact) mass is 589 g/mol. The van der Waals surface area contributed by atoms with Crippen LogP contribution in [-0.2, 0) is 16.8 Å². The second kappa shape index (κ2) is 14.2. The third-order valence-corrected chi connectivity index (χ3v) is 8.65. The lowest BCUT2D eigenvalue weighted by molar-refractivity contribution is 0.0737. The van der Waals surface area contributed by atoms with E-state index >= 15 is 0 Å². The summed E-state index contributed by atoms with van der Waals surface area (Å²) in [4.78, 5) is 27.1. The molecule has 3 aromatic carbocycles. The largest absolute Gasteiger partial charge is 0.453 e. The number of methoxy groups -OCH3 is 1. The maximum Gasteiger partial charge on any atom is 0.406 e. The number of aliphatic hydroxyl groups is 1. The highest BCUT2D eigenvalue weighted by atomic mass is 35.5. The van der Waals surface area contributed by atoms with Crippen LogP contribution in [0.15, 0.2) is 66.7 Å². The molecule has 1 heterocycles. The molecule has 42 heavy (non-hydrogen) atoms. The zero-order valence-corrected chi connectivity index (χ0v) is 25.5. The highest BCUT2D eigenvalue weighted by molar-refractivity contribution is 6.62. The predicted octanol–water partition coefficient (Wildman–Crippen LogP) is 6.03. The van der Waals surface area contributed by atoms with E-state index in [4.69, 9.17) is 22.1 Å². The molecule has 222 valence electrons. The van der Waals surface area contributed by atoms with Crippen LogP contribution in [0.5, 0.6) is 0 Å². The molecule has 4 N–H and O–H groups in total. The number of hydrogen-bond donors (Lipinski definition) is 3. The maximum absolute atomic E-state index is 13.6. The summed E-state index contributed by atoms with van der Waals surface area (Å²) in [6.45, 7) is 5.43. The molecule has 1 atom stereocenters. The quantitative estimate of drug-likeness (QED) is 0.198. The second-order valence-corrected chi connectivity index (χ2v) is 11.8. The van der Waals surface area contributed by atoms with Crippen molar-refractivity contribution in [2.24, 2.45) is 5.73 Å². The lowest BCUT2D eigenvalue weighted by atomic mass is 9.32. The van der Waals surface area contributed by atoms with Crippen molar-refractivity contribution < 1.29 is 19.4 Å². The van der Waals surface area contributed by atoms with Crippen molar-refractivity contribution in [1.29, 1.82) is 0 Å². The third-order valence-electron chi connectivity index (χ3n) is 8.33. The average Bonchev–Trinajstić information content (AvgIpc) is 3.02. The molecule has 3 aromatic rings. The van der Waals surface area contributed by atoms with Gasteiger partial charge in [-0.05, 0) is 65.6 Å². The minimum absolute atomic E-state index is 0.0612. The number of nitrogens with zero attached hydrogens (tertiary/aromatic N) is 1. The van der Waals surface area contributed by atoms with Crippen LogP contribution in [0.25, 0.3) is 11.1 Å². The Morgan fingerprint density at radius 1 is 1.14 bits per heavy atom. The molecule has 0 spiro atoms. The predicted molar refractivity (Wildman–Crippen MR) is 170 cm³/mol. The first-order chi connectivity index (χ1) is 20.2. The van der Waals surface area contributed by atoms with Gasteiger partial charge in [-0.25, -0.2) is 4.79 Å². The SMILES string of the molecule is COC(=O)NCCCC(O)(B1CCCN(C(=O)c2ccc(CN)cc2)C1)c1cccc(Cl)c1-c1cccc(C(C)C)c1. The maximum atomic E-state index is 13.6. The average molecular weight is 590 g/mol. The highest BCUT2D eigenvalue weighted by Crippen LogP contribution is 2.43. The molecular weight excluding hydrogens is 549 g/mol. The Hall–Kier alpha value is -3.33. The number of nitrogens with two attached hydrogens (primary N) is 1. The Bertz CT molecular complexity index is 1380. The first-order valence-corrected chi connectivity index (χ1v) is 15.1. The standard InChI is InChI=1S/C33H41BClN3O4/c1-23(2)26-8-4-9-27(20-26)30-28(10-5-11-29(30)35)33(41,16-6-18-37-32(40)42-3)34-17-7-19-38(22-34)31(39)25-14-12-24(21-36)13-15-25/h4-5,8-15,20,23,41H,6-7,16-19,21-22,36H2,1-3H3,(H,37,40). The number of ether oxygens (including phenoxy) is 1. The molecule has 1 fully saturated rings. The van der Waals surface area contributed by atoms with Crippen molar-refractivity contribution in [3.8, 4) is 11.1 Å². The van der Waals surface area contributed by atoms with Crippen molar-refractivity contribution in [3.63, 3.8) is 0 Å². The van der Waals surface area contributed by atoms with Crippen LogP contribution in [-0.4, -0.2) is 55.4 Å². The first-order valence-electron chi connectivity index (χ1n) is 14.7. The van der Waals surface area contributed by atoms with E-state index in [-0.39, 0.29) is 12.6 Å². The van der Waals surface area contributed by atoms with E-state index in [0.717, 1.165) is 35.0 Å². The number of amides is 2. The number of alkyl carbamates (subject to hydrolysis) is 1. The molecule has 1 aliphatic heterocycles. The molecule has 1 unspecified atom stereocenters. The normalized spacial score (nSPS) is 14.9. The van der Waals surface area contributed by atoms with Gasteiger partial charge in [0.15, 0.2) is 0 Å². The Kier molecular flexibility index (Phi) is 10.7. The van der Waals surface area contributed by atoms with E-state index in [0.29, 0.717) is 55.4 Å². The van der Waals surface area contributed by atoms with E-state index in [9.17, 15) is 14.7 Å². The molecule has 1 aliphatic rings. The van der Waals surface area contributed by atoms with Gasteiger partial charge in [0.2, 0.25) is 6.71 Å². The van der Waals surface area contributed by atoms with Gasteiger partial charge in [0, 0.05) is 42.2 Å². The molecule has 2 amide bonds. The number of hydrogen-bond acceptors (Lipinski definition) is 5. The summed E-state index contributed by atoms with van der Waals surface area (Å²) in [7, 11) is 1.33. The Labute approximate surface area is 254 Å². The van der Waals surface area contributed by atoms with Crippen molar-refractivity contribution >= 4 is 30.3 Å². The fraction of sp³-hybridized carbons (Fsp3) is 0.394. The molecule has 0 aliphatic carbocycles. The van der Waals surface area contributed by atoms with Crippen LogP contribution in [0, 0.1) is 0 Å². The summed E-state index contributed by atoms with van der Waals surface area (Å²) in [5.41, 5.74) is 9.65. The number of halogens is 1. The first kappa shape index (κ1) is 31.6. The lowest BCUT2D eigenvalue weighted by Crippen LogP contribution is -2.55. The fourth-order valence-corrected chi connectivity index (χ4v) is 6.21. The minimum atomic E-state index is -1.31. The topological polar surface area (TPSA) is 105 Å². The Morgan fingerprint density at radius 2 is 1.88 bits per heavy atom. The van der Waals surface area contributed by atoms with E-state index < -0.39 is 11.6 Å². The zero-order chi connectivity index (χ0) is 30.3. The number of carbonyl (C=O) groups is 2.